The average Bonchev–Trinajstić information content (AvgIpc) is 2.96. The second kappa shape index (κ2) is 5.77. The molecule has 21 heavy (non-hydrogen) atoms. The Kier molecular flexibility index (Phi) is 4.39. The van der Waals surface area contributed by atoms with Crippen LogP contribution < -0.4 is 5.73 Å². The maximum atomic E-state index is 13.1. The molecular weight excluding hydrogens is 297 g/mol. The van der Waals surface area contributed by atoms with E-state index in [1.807, 2.05) is 13.8 Å². The highest BCUT2D eigenvalue weighted by Crippen LogP contribution is 2.38. The Morgan fingerprint density at radius 2 is 1.76 bits per heavy atom. The first-order valence-electron chi connectivity index (χ1n) is 6.73. The topological polar surface area (TPSA) is 38.9 Å². The lowest BCUT2D eigenvalue weighted by Gasteiger charge is -2.23. The summed E-state index contributed by atoms with van der Waals surface area (Å²) in [5.41, 5.74) is 5.45. The molecule has 114 valence electrons. The smallest absolute Gasteiger partial charge is 0.319 e. The summed E-state index contributed by atoms with van der Waals surface area (Å²) in [6.45, 7) is 3.91. The minimum atomic E-state index is -4.39. The van der Waals surface area contributed by atoms with Crippen molar-refractivity contribution in [1.29, 1.82) is 0 Å². The fraction of sp³-hybridized carbons (Fsp3) is 0.400. The predicted molar refractivity (Wildman–Crippen MR) is 79.0 cm³/mol. The molecule has 1 heterocycles. The van der Waals surface area contributed by atoms with E-state index in [4.69, 9.17) is 5.73 Å². The number of alkyl halides is 3. The third kappa shape index (κ3) is 3.11. The number of aromatic nitrogens is 1. The molecule has 1 aromatic carbocycles. The van der Waals surface area contributed by atoms with E-state index in [0.717, 1.165) is 6.07 Å². The summed E-state index contributed by atoms with van der Waals surface area (Å²) >= 11 is 1.32. The molecule has 0 aliphatic rings. The van der Waals surface area contributed by atoms with Crippen LogP contribution in [0, 0.1) is 0 Å². The van der Waals surface area contributed by atoms with Gasteiger partial charge in [-0.15, -0.1) is 11.3 Å². The summed E-state index contributed by atoms with van der Waals surface area (Å²) in [5, 5.41) is 2.33. The van der Waals surface area contributed by atoms with Crippen LogP contribution in [0.1, 0.15) is 37.3 Å². The maximum absolute atomic E-state index is 13.1. The number of nitrogens with two attached hydrogens (primary N) is 1. The lowest BCUT2D eigenvalue weighted by atomic mass is 9.95. The molecule has 0 aliphatic heterocycles. The Hall–Kier alpha value is -1.40. The average molecular weight is 314 g/mol. The monoisotopic (exact) mass is 314 g/mol. The standard InChI is InChI=1S/C15H17F3N2S/c1-3-14(19,4-2)13-20-12(9-21-13)10-7-5-6-8-11(10)15(16,17)18/h5-9H,3-4,19H2,1-2H3. The first-order chi connectivity index (χ1) is 9.81. The molecule has 1 aromatic heterocycles. The van der Waals surface area contributed by atoms with Gasteiger partial charge in [-0.2, -0.15) is 13.2 Å². The van der Waals surface area contributed by atoms with Crippen LogP contribution in [0.4, 0.5) is 13.2 Å². The van der Waals surface area contributed by atoms with E-state index in [2.05, 4.69) is 4.98 Å². The molecule has 0 bridgehead atoms. The van der Waals surface area contributed by atoms with Crippen molar-refractivity contribution < 1.29 is 13.2 Å². The molecule has 0 fully saturated rings. The molecule has 2 aromatic rings. The Bertz CT molecular complexity index is 615. The highest BCUT2D eigenvalue weighted by atomic mass is 32.1. The van der Waals surface area contributed by atoms with E-state index in [0.29, 0.717) is 23.5 Å². The van der Waals surface area contributed by atoms with Gasteiger partial charge in [0.05, 0.1) is 16.8 Å². The number of benzene rings is 1. The lowest BCUT2D eigenvalue weighted by molar-refractivity contribution is -0.137. The van der Waals surface area contributed by atoms with Gasteiger partial charge in [-0.05, 0) is 18.9 Å². The van der Waals surface area contributed by atoms with Crippen molar-refractivity contribution in [3.05, 3.63) is 40.2 Å². The second-order valence-corrected chi connectivity index (χ2v) is 5.80. The number of thiazole rings is 1. The van der Waals surface area contributed by atoms with Gasteiger partial charge in [0.15, 0.2) is 0 Å². The van der Waals surface area contributed by atoms with Gasteiger partial charge in [0.2, 0.25) is 0 Å². The highest BCUT2D eigenvalue weighted by molar-refractivity contribution is 7.10. The van der Waals surface area contributed by atoms with Gasteiger partial charge < -0.3 is 5.73 Å². The van der Waals surface area contributed by atoms with Crippen LogP contribution in [-0.2, 0) is 11.7 Å². The van der Waals surface area contributed by atoms with Crippen molar-refractivity contribution >= 4 is 11.3 Å². The van der Waals surface area contributed by atoms with Gasteiger partial charge in [-0.3, -0.25) is 0 Å². The third-order valence-electron chi connectivity index (χ3n) is 3.70. The Morgan fingerprint density at radius 1 is 1.14 bits per heavy atom. The zero-order chi connectivity index (χ0) is 15.7. The van der Waals surface area contributed by atoms with E-state index in [1.165, 1.54) is 23.5 Å². The molecule has 2 N–H and O–H groups in total. The quantitative estimate of drug-likeness (QED) is 0.880. The fourth-order valence-corrected chi connectivity index (χ4v) is 3.21. The number of hydrogen-bond acceptors (Lipinski definition) is 3. The molecule has 6 heteroatoms. The molecule has 0 radical (unpaired) electrons. The number of hydrogen-bond donors (Lipinski definition) is 1. The maximum Gasteiger partial charge on any atom is 0.417 e. The van der Waals surface area contributed by atoms with Gasteiger partial charge in [0, 0.05) is 10.9 Å². The van der Waals surface area contributed by atoms with Gasteiger partial charge in [0.25, 0.3) is 0 Å². The van der Waals surface area contributed by atoms with Gasteiger partial charge in [-0.1, -0.05) is 32.0 Å². The molecule has 0 spiro atoms. The third-order valence-corrected chi connectivity index (χ3v) is 4.76. The summed E-state index contributed by atoms with van der Waals surface area (Å²) in [7, 11) is 0. The zero-order valence-corrected chi connectivity index (χ0v) is 12.7. The molecule has 0 atom stereocenters. The molecular formula is C15H17F3N2S. The summed E-state index contributed by atoms with van der Waals surface area (Å²) in [6.07, 6.45) is -3.01. The van der Waals surface area contributed by atoms with Crippen molar-refractivity contribution in [3.63, 3.8) is 0 Å². The summed E-state index contributed by atoms with van der Waals surface area (Å²) in [5.74, 6) is 0. The van der Waals surface area contributed by atoms with Gasteiger partial charge >= 0.3 is 6.18 Å². The molecule has 0 aliphatic carbocycles. The van der Waals surface area contributed by atoms with Crippen LogP contribution >= 0.6 is 11.3 Å². The van der Waals surface area contributed by atoms with Crippen LogP contribution in [0.3, 0.4) is 0 Å². The van der Waals surface area contributed by atoms with E-state index in [9.17, 15) is 13.2 Å². The zero-order valence-electron chi connectivity index (χ0n) is 11.9. The number of nitrogens with zero attached hydrogens (tertiary/aromatic N) is 1. The largest absolute Gasteiger partial charge is 0.417 e. The molecule has 0 saturated carbocycles. The minimum Gasteiger partial charge on any atom is -0.319 e. The Morgan fingerprint density at radius 3 is 2.33 bits per heavy atom. The van der Waals surface area contributed by atoms with Gasteiger partial charge in [0.1, 0.15) is 5.01 Å². The number of rotatable bonds is 4. The van der Waals surface area contributed by atoms with Crippen LogP contribution in [-0.4, -0.2) is 4.98 Å². The number of halogens is 3. The van der Waals surface area contributed by atoms with E-state index in [1.54, 1.807) is 11.4 Å². The summed E-state index contributed by atoms with van der Waals surface area (Å²) in [6, 6.07) is 5.48. The molecule has 2 nitrogen and oxygen atoms in total. The molecule has 0 unspecified atom stereocenters. The highest BCUT2D eigenvalue weighted by Gasteiger charge is 2.34. The fourth-order valence-electron chi connectivity index (χ4n) is 2.13. The lowest BCUT2D eigenvalue weighted by Crippen LogP contribution is -2.34. The van der Waals surface area contributed by atoms with Crippen molar-refractivity contribution in [1.82, 2.24) is 4.98 Å². The van der Waals surface area contributed by atoms with Crippen LogP contribution in [0.2, 0.25) is 0 Å². The van der Waals surface area contributed by atoms with E-state index < -0.39 is 17.3 Å². The molecule has 2 rings (SSSR count). The minimum absolute atomic E-state index is 0.0991. The van der Waals surface area contributed by atoms with Gasteiger partial charge in [-0.25, -0.2) is 4.98 Å². The van der Waals surface area contributed by atoms with Crippen molar-refractivity contribution in [2.75, 3.05) is 0 Å². The first-order valence-corrected chi connectivity index (χ1v) is 7.61. The predicted octanol–water partition coefficient (Wildman–Crippen LogP) is 4.80. The normalized spacial score (nSPS) is 12.7. The summed E-state index contributed by atoms with van der Waals surface area (Å²) in [4.78, 5) is 4.36. The van der Waals surface area contributed by atoms with Crippen molar-refractivity contribution in [3.8, 4) is 11.3 Å². The van der Waals surface area contributed by atoms with Crippen LogP contribution in [0.5, 0.6) is 0 Å². The Balaban J connectivity index is 2.49. The SMILES string of the molecule is CCC(N)(CC)c1nc(-c2ccccc2C(F)(F)F)cs1. The molecule has 0 amide bonds. The molecule has 0 saturated heterocycles. The summed E-state index contributed by atoms with van der Waals surface area (Å²) < 4.78 is 39.2. The first kappa shape index (κ1) is 16.0. The van der Waals surface area contributed by atoms with Crippen molar-refractivity contribution in [2.45, 2.75) is 38.4 Å². The van der Waals surface area contributed by atoms with Crippen LogP contribution in [0.15, 0.2) is 29.6 Å². The van der Waals surface area contributed by atoms with E-state index in [-0.39, 0.29) is 5.56 Å². The van der Waals surface area contributed by atoms with Crippen LogP contribution in [0.25, 0.3) is 11.3 Å². The van der Waals surface area contributed by atoms with E-state index >= 15 is 0 Å². The van der Waals surface area contributed by atoms with Crippen molar-refractivity contribution in [2.24, 2.45) is 5.73 Å². The second-order valence-electron chi connectivity index (χ2n) is 4.94. The Labute approximate surface area is 125 Å².